The molecule has 0 saturated carbocycles. The van der Waals surface area contributed by atoms with Crippen molar-refractivity contribution in [2.75, 3.05) is 6.54 Å². The SMILES string of the molecule is NCCC(=O)Cc1ccoc1. The summed E-state index contributed by atoms with van der Waals surface area (Å²) in [5.74, 6) is 0.161. The molecule has 2 N–H and O–H groups in total. The Bertz CT molecular complexity index is 216. The highest BCUT2D eigenvalue weighted by Crippen LogP contribution is 2.02. The molecule has 0 aromatic carbocycles. The smallest absolute Gasteiger partial charge is 0.138 e. The largest absolute Gasteiger partial charge is 0.472 e. The lowest BCUT2D eigenvalue weighted by Crippen LogP contribution is -2.09. The lowest BCUT2D eigenvalue weighted by molar-refractivity contribution is -0.118. The van der Waals surface area contributed by atoms with Crippen molar-refractivity contribution >= 4 is 5.78 Å². The summed E-state index contributed by atoms with van der Waals surface area (Å²) in [6, 6.07) is 1.79. The first kappa shape index (κ1) is 8.01. The number of carbonyl (C=O) groups excluding carboxylic acids is 1. The fraction of sp³-hybridized carbons (Fsp3) is 0.375. The Balaban J connectivity index is 2.37. The zero-order valence-corrected chi connectivity index (χ0v) is 6.25. The fourth-order valence-corrected chi connectivity index (χ4v) is 0.870. The standard InChI is InChI=1S/C8H11NO2/c9-3-1-8(10)5-7-2-4-11-6-7/h2,4,6H,1,3,5,9H2. The van der Waals surface area contributed by atoms with E-state index in [0.717, 1.165) is 5.56 Å². The number of furan rings is 1. The molecular weight excluding hydrogens is 142 g/mol. The van der Waals surface area contributed by atoms with Gasteiger partial charge < -0.3 is 10.2 Å². The molecule has 11 heavy (non-hydrogen) atoms. The molecule has 0 radical (unpaired) electrons. The number of nitrogens with two attached hydrogens (primary N) is 1. The van der Waals surface area contributed by atoms with Crippen molar-refractivity contribution in [2.45, 2.75) is 12.8 Å². The van der Waals surface area contributed by atoms with Crippen LogP contribution in [0.25, 0.3) is 0 Å². The van der Waals surface area contributed by atoms with Crippen molar-refractivity contribution in [1.82, 2.24) is 0 Å². The topological polar surface area (TPSA) is 56.2 Å². The van der Waals surface area contributed by atoms with Crippen LogP contribution >= 0.6 is 0 Å². The molecule has 0 aliphatic heterocycles. The highest BCUT2D eigenvalue weighted by atomic mass is 16.3. The van der Waals surface area contributed by atoms with Crippen molar-refractivity contribution in [3.05, 3.63) is 24.2 Å². The Morgan fingerprint density at radius 2 is 2.45 bits per heavy atom. The van der Waals surface area contributed by atoms with Crippen LogP contribution in [0.5, 0.6) is 0 Å². The van der Waals surface area contributed by atoms with Gasteiger partial charge in [0.05, 0.1) is 12.5 Å². The lowest BCUT2D eigenvalue weighted by Gasteiger charge is -1.93. The second-order valence-electron chi connectivity index (χ2n) is 2.39. The van der Waals surface area contributed by atoms with Crippen LogP contribution in [0.1, 0.15) is 12.0 Å². The predicted octanol–water partition coefficient (Wildman–Crippen LogP) is 0.740. The summed E-state index contributed by atoms with van der Waals surface area (Å²) in [5, 5.41) is 0. The average Bonchev–Trinajstić information content (AvgIpc) is 2.40. The Morgan fingerprint density at radius 1 is 1.64 bits per heavy atom. The predicted molar refractivity (Wildman–Crippen MR) is 41.1 cm³/mol. The summed E-state index contributed by atoms with van der Waals surface area (Å²) >= 11 is 0. The Morgan fingerprint density at radius 3 is 3.00 bits per heavy atom. The van der Waals surface area contributed by atoms with Gasteiger partial charge in [-0.1, -0.05) is 0 Å². The van der Waals surface area contributed by atoms with Gasteiger partial charge in [-0.05, 0) is 18.2 Å². The maximum atomic E-state index is 11.0. The van der Waals surface area contributed by atoms with Crippen molar-refractivity contribution in [2.24, 2.45) is 5.73 Å². The minimum Gasteiger partial charge on any atom is -0.472 e. The van der Waals surface area contributed by atoms with Gasteiger partial charge in [-0.3, -0.25) is 4.79 Å². The lowest BCUT2D eigenvalue weighted by atomic mass is 10.1. The van der Waals surface area contributed by atoms with Gasteiger partial charge in [0.1, 0.15) is 5.78 Å². The van der Waals surface area contributed by atoms with Gasteiger partial charge in [-0.25, -0.2) is 0 Å². The van der Waals surface area contributed by atoms with E-state index in [9.17, 15) is 4.79 Å². The van der Waals surface area contributed by atoms with E-state index >= 15 is 0 Å². The first-order valence-corrected chi connectivity index (χ1v) is 3.56. The Kier molecular flexibility index (Phi) is 2.86. The molecule has 1 aromatic heterocycles. The quantitative estimate of drug-likeness (QED) is 0.694. The molecule has 60 valence electrons. The molecule has 1 heterocycles. The molecule has 0 atom stereocenters. The number of hydrogen-bond donors (Lipinski definition) is 1. The van der Waals surface area contributed by atoms with Gasteiger partial charge in [0.2, 0.25) is 0 Å². The summed E-state index contributed by atoms with van der Waals surface area (Å²) in [4.78, 5) is 11.0. The highest BCUT2D eigenvalue weighted by molar-refractivity contribution is 5.80. The van der Waals surface area contributed by atoms with E-state index in [1.807, 2.05) is 0 Å². The average molecular weight is 153 g/mol. The summed E-state index contributed by atoms with van der Waals surface area (Å²) in [6.07, 6.45) is 4.03. The monoisotopic (exact) mass is 153 g/mol. The molecule has 0 amide bonds. The molecule has 0 saturated heterocycles. The minimum atomic E-state index is 0.161. The van der Waals surface area contributed by atoms with Crippen molar-refractivity contribution in [1.29, 1.82) is 0 Å². The normalized spacial score (nSPS) is 9.91. The van der Waals surface area contributed by atoms with E-state index in [2.05, 4.69) is 0 Å². The molecular formula is C8H11NO2. The van der Waals surface area contributed by atoms with E-state index in [4.69, 9.17) is 10.2 Å². The van der Waals surface area contributed by atoms with Gasteiger partial charge in [-0.15, -0.1) is 0 Å². The third-order valence-electron chi connectivity index (χ3n) is 1.40. The number of ketones is 1. The highest BCUT2D eigenvalue weighted by Gasteiger charge is 2.02. The van der Waals surface area contributed by atoms with Crippen LogP contribution in [0.4, 0.5) is 0 Å². The van der Waals surface area contributed by atoms with E-state index in [0.29, 0.717) is 19.4 Å². The van der Waals surface area contributed by atoms with Gasteiger partial charge in [0.25, 0.3) is 0 Å². The summed E-state index contributed by atoms with van der Waals surface area (Å²) in [7, 11) is 0. The number of rotatable bonds is 4. The molecule has 0 fully saturated rings. The molecule has 1 aromatic rings. The summed E-state index contributed by atoms with van der Waals surface area (Å²) < 4.78 is 4.81. The first-order chi connectivity index (χ1) is 5.33. The Labute approximate surface area is 65.2 Å². The van der Waals surface area contributed by atoms with Crippen molar-refractivity contribution in [3.8, 4) is 0 Å². The first-order valence-electron chi connectivity index (χ1n) is 3.56. The third-order valence-corrected chi connectivity index (χ3v) is 1.40. The van der Waals surface area contributed by atoms with Crippen LogP contribution in [0.2, 0.25) is 0 Å². The molecule has 0 aliphatic rings. The molecule has 3 heteroatoms. The maximum Gasteiger partial charge on any atom is 0.138 e. The molecule has 0 spiro atoms. The van der Waals surface area contributed by atoms with Crippen LogP contribution in [-0.4, -0.2) is 12.3 Å². The van der Waals surface area contributed by atoms with Crippen LogP contribution in [0, 0.1) is 0 Å². The van der Waals surface area contributed by atoms with Gasteiger partial charge in [-0.2, -0.15) is 0 Å². The summed E-state index contributed by atoms with van der Waals surface area (Å²) in [6.45, 7) is 0.427. The second kappa shape index (κ2) is 3.93. The zero-order valence-electron chi connectivity index (χ0n) is 6.25. The summed E-state index contributed by atoms with van der Waals surface area (Å²) in [5.41, 5.74) is 6.13. The number of hydrogen-bond acceptors (Lipinski definition) is 3. The minimum absolute atomic E-state index is 0.161. The van der Waals surface area contributed by atoms with E-state index in [-0.39, 0.29) is 5.78 Å². The van der Waals surface area contributed by atoms with Crippen molar-refractivity contribution in [3.63, 3.8) is 0 Å². The Hall–Kier alpha value is -1.09. The second-order valence-corrected chi connectivity index (χ2v) is 2.39. The van der Waals surface area contributed by atoms with Crippen LogP contribution in [-0.2, 0) is 11.2 Å². The van der Waals surface area contributed by atoms with Gasteiger partial charge in [0, 0.05) is 12.8 Å². The van der Waals surface area contributed by atoms with Crippen LogP contribution in [0.3, 0.4) is 0 Å². The van der Waals surface area contributed by atoms with Crippen LogP contribution in [0.15, 0.2) is 23.0 Å². The van der Waals surface area contributed by atoms with Crippen molar-refractivity contribution < 1.29 is 9.21 Å². The molecule has 1 rings (SSSR count). The van der Waals surface area contributed by atoms with E-state index in [1.165, 1.54) is 0 Å². The number of Topliss-reactive ketones (excluding diaryl/α,β-unsaturated/α-hetero) is 1. The zero-order chi connectivity index (χ0) is 8.10. The van der Waals surface area contributed by atoms with Crippen LogP contribution < -0.4 is 5.73 Å². The molecule has 3 nitrogen and oxygen atoms in total. The molecule has 0 unspecified atom stereocenters. The van der Waals surface area contributed by atoms with Gasteiger partial charge in [0.15, 0.2) is 0 Å². The van der Waals surface area contributed by atoms with E-state index in [1.54, 1.807) is 18.6 Å². The third kappa shape index (κ3) is 2.55. The van der Waals surface area contributed by atoms with Gasteiger partial charge >= 0.3 is 0 Å². The molecule has 0 aliphatic carbocycles. The number of carbonyl (C=O) groups is 1. The van der Waals surface area contributed by atoms with E-state index < -0.39 is 0 Å². The molecule has 0 bridgehead atoms. The fourth-order valence-electron chi connectivity index (χ4n) is 0.870. The maximum absolute atomic E-state index is 11.0.